The van der Waals surface area contributed by atoms with Gasteiger partial charge in [0.25, 0.3) is 5.91 Å². The number of fused-ring (bicyclic) bond motifs is 18. The van der Waals surface area contributed by atoms with Crippen LogP contribution in [0.25, 0.3) is 0 Å². The van der Waals surface area contributed by atoms with Crippen LogP contribution in [-0.2, 0) is 4.79 Å². The summed E-state index contributed by atoms with van der Waals surface area (Å²) in [6.07, 6.45) is 12.2. The second kappa shape index (κ2) is 17.4. The lowest BCUT2D eigenvalue weighted by Gasteiger charge is -2.22. The second-order valence-electron chi connectivity index (χ2n) is 13.4. The largest absolute Gasteiger partial charge is 0.507 e. The molecule has 6 N–H and O–H groups in total. The van der Waals surface area contributed by atoms with Gasteiger partial charge in [0, 0.05) is 47.0 Å². The Hall–Kier alpha value is -4.48. The van der Waals surface area contributed by atoms with E-state index in [1.165, 1.54) is 39.0 Å². The Morgan fingerprint density at radius 2 is 1.44 bits per heavy atom. The van der Waals surface area contributed by atoms with Crippen molar-refractivity contribution in [2.24, 2.45) is 17.8 Å². The number of aliphatic hydroxyl groups is 4. The lowest BCUT2D eigenvalue weighted by molar-refractivity contribution is -0.116. The number of phenols is 1. The maximum atomic E-state index is 13.8. The van der Waals surface area contributed by atoms with Gasteiger partial charge in [0.05, 0.1) is 35.7 Å². The highest BCUT2D eigenvalue weighted by Crippen LogP contribution is 2.35. The highest BCUT2D eigenvalue weighted by molar-refractivity contribution is 6.30. The molecule has 3 aliphatic rings. The van der Waals surface area contributed by atoms with Crippen molar-refractivity contribution in [1.82, 2.24) is 5.32 Å². The third kappa shape index (κ3) is 9.82. The smallest absolute Gasteiger partial charge is 0.251 e. The average molecular weight is 688 g/mol. The summed E-state index contributed by atoms with van der Waals surface area (Å²) >= 11 is 0. The third-order valence-electron chi connectivity index (χ3n) is 9.18. The number of allylic oxidation sites excluding steroid dienone is 7. The van der Waals surface area contributed by atoms with Crippen molar-refractivity contribution in [2.75, 3.05) is 0 Å². The summed E-state index contributed by atoms with van der Waals surface area (Å²) in [6.45, 7) is 11.5. The van der Waals surface area contributed by atoms with Gasteiger partial charge in [-0.05, 0) is 56.9 Å². The van der Waals surface area contributed by atoms with E-state index in [1.54, 1.807) is 70.2 Å². The molecule has 0 spiro atoms. The Labute approximate surface area is 293 Å². The molecule has 4 bridgehead atoms. The third-order valence-corrected chi connectivity index (χ3v) is 9.18. The van der Waals surface area contributed by atoms with Crippen molar-refractivity contribution < 1.29 is 44.7 Å². The van der Waals surface area contributed by atoms with Crippen LogP contribution in [0.5, 0.6) is 5.75 Å². The number of ketones is 3. The quantitative estimate of drug-likeness (QED) is 0.207. The zero-order valence-electron chi connectivity index (χ0n) is 29.7. The zero-order chi connectivity index (χ0) is 37.4. The van der Waals surface area contributed by atoms with E-state index in [0.717, 1.165) is 6.08 Å². The summed E-state index contributed by atoms with van der Waals surface area (Å²) in [5.41, 5.74) is 0.137. The summed E-state index contributed by atoms with van der Waals surface area (Å²) in [5.74, 6) is -4.53. The van der Waals surface area contributed by atoms with Crippen LogP contribution < -0.4 is 5.32 Å². The minimum atomic E-state index is -0.973. The van der Waals surface area contributed by atoms with Gasteiger partial charge in [0.2, 0.25) is 5.78 Å². The van der Waals surface area contributed by atoms with Crippen LogP contribution in [0.1, 0.15) is 91.0 Å². The lowest BCUT2D eigenvalue weighted by atomic mass is 9.83. The molecular weight excluding hydrogens is 638 g/mol. The number of aromatic hydroxyl groups is 1. The number of hydrogen-bond donors (Lipinski definition) is 6. The van der Waals surface area contributed by atoms with Crippen molar-refractivity contribution in [3.8, 4) is 5.75 Å². The molecule has 0 saturated carbocycles. The van der Waals surface area contributed by atoms with Gasteiger partial charge in [-0.2, -0.15) is 0 Å². The van der Waals surface area contributed by atoms with Crippen LogP contribution in [-0.4, -0.2) is 73.2 Å². The maximum absolute atomic E-state index is 13.8. The first kappa shape index (κ1) is 40.0. The molecule has 10 nitrogen and oxygen atoms in total. The molecular formula is C40H49NO9. The number of benzene rings is 1. The molecule has 10 heteroatoms. The van der Waals surface area contributed by atoms with Crippen LogP contribution >= 0.6 is 0 Å². The van der Waals surface area contributed by atoms with Crippen LogP contribution in [0.4, 0.5) is 0 Å². The van der Waals surface area contributed by atoms with E-state index >= 15 is 0 Å². The number of Topliss-reactive ketones (excluding diaryl/α,β-unsaturated/α-hetero) is 2. The normalized spacial score (nSPS) is 33.2. The van der Waals surface area contributed by atoms with Crippen molar-refractivity contribution in [1.29, 1.82) is 0 Å². The van der Waals surface area contributed by atoms with E-state index in [0.29, 0.717) is 5.57 Å². The molecule has 2 heterocycles. The Bertz CT molecular complexity index is 1720. The first-order valence-electron chi connectivity index (χ1n) is 16.7. The molecule has 0 saturated heterocycles. The molecule has 1 aromatic rings. The van der Waals surface area contributed by atoms with Gasteiger partial charge < -0.3 is 30.8 Å². The zero-order valence-corrected chi connectivity index (χ0v) is 29.7. The molecule has 4 rings (SSSR count). The average Bonchev–Trinajstić information content (AvgIpc) is 3.07. The first-order valence-corrected chi connectivity index (χ1v) is 16.7. The number of aliphatic hydroxyl groups excluding tert-OH is 4. The van der Waals surface area contributed by atoms with Crippen molar-refractivity contribution in [3.63, 3.8) is 0 Å². The van der Waals surface area contributed by atoms with E-state index in [-0.39, 0.29) is 57.9 Å². The summed E-state index contributed by atoms with van der Waals surface area (Å²) < 4.78 is 0. The fourth-order valence-electron chi connectivity index (χ4n) is 5.71. The van der Waals surface area contributed by atoms with E-state index in [1.807, 2.05) is 0 Å². The van der Waals surface area contributed by atoms with E-state index in [4.69, 9.17) is 0 Å². The summed E-state index contributed by atoms with van der Waals surface area (Å²) in [5, 5.41) is 56.3. The molecule has 1 aliphatic carbocycles. The van der Waals surface area contributed by atoms with Crippen molar-refractivity contribution >= 4 is 23.3 Å². The predicted octanol–water partition coefficient (Wildman–Crippen LogP) is 4.92. The molecule has 7 unspecified atom stereocenters. The molecule has 50 heavy (non-hydrogen) atoms. The minimum Gasteiger partial charge on any atom is -0.507 e. The molecule has 1 aromatic carbocycles. The highest BCUT2D eigenvalue weighted by Gasteiger charge is 2.34. The number of hydrogen-bond acceptors (Lipinski definition) is 9. The van der Waals surface area contributed by atoms with Gasteiger partial charge in [-0.1, -0.05) is 75.5 Å². The van der Waals surface area contributed by atoms with E-state index in [9.17, 15) is 44.7 Å². The van der Waals surface area contributed by atoms with E-state index < -0.39 is 65.3 Å². The van der Waals surface area contributed by atoms with Gasteiger partial charge in [-0.15, -0.1) is 0 Å². The predicted molar refractivity (Wildman–Crippen MR) is 192 cm³/mol. The topological polar surface area (TPSA) is 181 Å². The van der Waals surface area contributed by atoms with Crippen LogP contribution in [0.2, 0.25) is 0 Å². The number of amides is 1. The number of carbonyl (C=O) groups excluding carboxylic acids is 4. The van der Waals surface area contributed by atoms with Crippen LogP contribution in [0, 0.1) is 24.7 Å². The SMILES string of the molecule is C/C1=C/C=C\C=C\C(C)C(O)CC(O)/C(C)=C/CC(O)/C=C/C(C)C(O)C(C)/C=C(\C)C(=O)c2c(O)c(C)cc3c2C(=O)C=C(NC1=O)C3=O. The van der Waals surface area contributed by atoms with Gasteiger partial charge in [0.15, 0.2) is 11.6 Å². The van der Waals surface area contributed by atoms with E-state index in [2.05, 4.69) is 5.32 Å². The monoisotopic (exact) mass is 687 g/mol. The molecule has 2 aliphatic heterocycles. The Kier molecular flexibility index (Phi) is 13.9. The molecule has 0 fully saturated rings. The minimum absolute atomic E-state index is 0.0843. The number of aryl methyl sites for hydroxylation is 1. The Morgan fingerprint density at radius 1 is 0.760 bits per heavy atom. The Morgan fingerprint density at radius 3 is 2.12 bits per heavy atom. The summed E-state index contributed by atoms with van der Waals surface area (Å²) in [4.78, 5) is 53.6. The van der Waals surface area contributed by atoms with Crippen LogP contribution in [0.15, 0.2) is 89.2 Å². The fourth-order valence-corrected chi connectivity index (χ4v) is 5.71. The molecule has 0 radical (unpaired) electrons. The van der Waals surface area contributed by atoms with Gasteiger partial charge in [-0.3, -0.25) is 19.2 Å². The van der Waals surface area contributed by atoms with Crippen LogP contribution in [0.3, 0.4) is 0 Å². The first-order chi connectivity index (χ1) is 23.4. The van der Waals surface area contributed by atoms with Crippen molar-refractivity contribution in [2.45, 2.75) is 85.7 Å². The molecule has 268 valence electrons. The number of nitrogens with one attached hydrogen (secondary N) is 1. The number of rotatable bonds is 0. The molecule has 0 aromatic heterocycles. The molecule has 7 atom stereocenters. The Balaban J connectivity index is 2.04. The standard InChI is InChI=1S/C40H49NO9/c1-21-11-9-8-10-12-24(4)40(50)41-30-19-33(45)34-29(39(30)49)18-27(7)38(48)35(34)37(47)26(6)17-25(5)36(46)23(3)14-16-28(42)15-13-22(2)32(44)20-31(21)43/h8-14,16-19,21,23,25,28,31-32,36,42-44,46,48H,15,20H2,1-7H3,(H,41,50)/b10-8-,11-9+,16-14+,22-13+,24-12-,26-17+. The van der Waals surface area contributed by atoms with Crippen molar-refractivity contribution in [3.05, 3.63) is 111 Å². The van der Waals surface area contributed by atoms with Gasteiger partial charge in [-0.25, -0.2) is 0 Å². The second-order valence-corrected chi connectivity index (χ2v) is 13.4. The number of carbonyl (C=O) groups is 4. The summed E-state index contributed by atoms with van der Waals surface area (Å²) in [6, 6.07) is 1.31. The van der Waals surface area contributed by atoms with Gasteiger partial charge in [0.1, 0.15) is 5.75 Å². The number of phenolic OH excluding ortho intramolecular Hbond substituents is 1. The lowest BCUT2D eigenvalue weighted by Crippen LogP contribution is -2.32. The van der Waals surface area contributed by atoms with Gasteiger partial charge >= 0.3 is 0 Å². The fraction of sp³-hybridized carbons (Fsp3) is 0.400. The highest BCUT2D eigenvalue weighted by atomic mass is 16.3. The summed E-state index contributed by atoms with van der Waals surface area (Å²) in [7, 11) is 0. The maximum Gasteiger partial charge on any atom is 0.251 e. The molecule has 1 amide bonds.